The van der Waals surface area contributed by atoms with Crippen LogP contribution < -0.4 is 0 Å². The van der Waals surface area contributed by atoms with Gasteiger partial charge in [-0.3, -0.25) is 0 Å². The lowest BCUT2D eigenvalue weighted by molar-refractivity contribution is -0.235. The molecule has 0 fully saturated rings. The molecule has 0 radical (unpaired) electrons. The first-order valence-corrected chi connectivity index (χ1v) is 3.38. The van der Waals surface area contributed by atoms with Crippen LogP contribution in [0.2, 0.25) is 0 Å². The average Bonchev–Trinajstić information content (AvgIpc) is 1.99. The Morgan fingerprint density at radius 1 is 0.786 bits per heavy atom. The minimum atomic E-state index is -5.77. The quantitative estimate of drug-likeness (QED) is 0.653. The van der Waals surface area contributed by atoms with Gasteiger partial charge in [0.25, 0.3) is 0 Å². The fourth-order valence-corrected chi connectivity index (χ4v) is 0.580. The van der Waals surface area contributed by atoms with Crippen LogP contribution in [0.25, 0.3) is 0 Å². The predicted octanol–water partition coefficient (Wildman–Crippen LogP) is 3.22. The highest BCUT2D eigenvalue weighted by molar-refractivity contribution is 4.90. The standard InChI is InChI=1S/C6H6F8/c1-2(7)5(10,11)3(8)4(9)6(12,13)14/h2-4H,1H3. The topological polar surface area (TPSA) is 0 Å². The summed E-state index contributed by atoms with van der Waals surface area (Å²) in [4.78, 5) is 0. The van der Waals surface area contributed by atoms with E-state index < -0.39 is 30.6 Å². The Bertz CT molecular complexity index is 183. The van der Waals surface area contributed by atoms with E-state index in [1.165, 1.54) is 0 Å². The van der Waals surface area contributed by atoms with Crippen molar-refractivity contribution in [3.8, 4) is 0 Å². The van der Waals surface area contributed by atoms with E-state index in [0.717, 1.165) is 0 Å². The predicted molar refractivity (Wildman–Crippen MR) is 31.4 cm³/mol. The van der Waals surface area contributed by atoms with Crippen molar-refractivity contribution in [3.05, 3.63) is 0 Å². The molecule has 0 heterocycles. The van der Waals surface area contributed by atoms with Crippen LogP contribution in [0.5, 0.6) is 0 Å². The summed E-state index contributed by atoms with van der Waals surface area (Å²) in [6, 6.07) is 0. The zero-order chi connectivity index (χ0) is 11.7. The summed E-state index contributed by atoms with van der Waals surface area (Å²) >= 11 is 0. The molecule has 0 aromatic heterocycles. The summed E-state index contributed by atoms with van der Waals surface area (Å²) in [7, 11) is 0. The first-order valence-electron chi connectivity index (χ1n) is 3.38. The van der Waals surface area contributed by atoms with Gasteiger partial charge in [0, 0.05) is 0 Å². The van der Waals surface area contributed by atoms with Gasteiger partial charge < -0.3 is 0 Å². The van der Waals surface area contributed by atoms with Crippen LogP contribution in [0.3, 0.4) is 0 Å². The van der Waals surface area contributed by atoms with Crippen LogP contribution in [0, 0.1) is 0 Å². The summed E-state index contributed by atoms with van der Waals surface area (Å²) in [5, 5.41) is 0. The molecule has 0 aliphatic rings. The third kappa shape index (κ3) is 2.71. The lowest BCUT2D eigenvalue weighted by atomic mass is 10.1. The molecule has 0 aromatic carbocycles. The average molecular weight is 230 g/mol. The third-order valence-corrected chi connectivity index (χ3v) is 1.47. The van der Waals surface area contributed by atoms with Gasteiger partial charge in [-0.15, -0.1) is 0 Å². The number of hydrogen-bond acceptors (Lipinski definition) is 0. The molecule has 0 N–H and O–H groups in total. The zero-order valence-electron chi connectivity index (χ0n) is 6.76. The van der Waals surface area contributed by atoms with E-state index in [1.54, 1.807) is 0 Å². The fourth-order valence-electron chi connectivity index (χ4n) is 0.580. The second-order valence-corrected chi connectivity index (χ2v) is 2.64. The zero-order valence-corrected chi connectivity index (χ0v) is 6.76. The Hall–Kier alpha value is -0.560. The van der Waals surface area contributed by atoms with Gasteiger partial charge >= 0.3 is 12.1 Å². The van der Waals surface area contributed by atoms with Crippen molar-refractivity contribution >= 4 is 0 Å². The lowest BCUT2D eigenvalue weighted by Crippen LogP contribution is -2.48. The van der Waals surface area contributed by atoms with Gasteiger partial charge in [0.2, 0.25) is 12.3 Å². The Morgan fingerprint density at radius 3 is 1.36 bits per heavy atom. The van der Waals surface area contributed by atoms with Gasteiger partial charge in [-0.1, -0.05) is 0 Å². The Balaban J connectivity index is 4.70. The number of alkyl halides is 8. The summed E-state index contributed by atoms with van der Waals surface area (Å²) in [6.45, 7) is 0.148. The lowest BCUT2D eigenvalue weighted by Gasteiger charge is -2.25. The van der Waals surface area contributed by atoms with Gasteiger partial charge in [-0.2, -0.15) is 13.2 Å². The van der Waals surface area contributed by atoms with Crippen LogP contribution >= 0.6 is 0 Å². The maximum Gasteiger partial charge on any atom is 0.422 e. The van der Waals surface area contributed by atoms with Crippen molar-refractivity contribution in [3.63, 3.8) is 0 Å². The number of rotatable bonds is 3. The Morgan fingerprint density at radius 2 is 1.14 bits per heavy atom. The van der Waals surface area contributed by atoms with E-state index in [-0.39, 0.29) is 6.92 Å². The minimum absolute atomic E-state index is 0.148. The Labute approximate surface area is 73.9 Å². The maximum atomic E-state index is 12.2. The highest BCUT2D eigenvalue weighted by atomic mass is 19.4. The monoisotopic (exact) mass is 230 g/mol. The van der Waals surface area contributed by atoms with Gasteiger partial charge in [-0.05, 0) is 6.92 Å². The van der Waals surface area contributed by atoms with Gasteiger partial charge in [0.1, 0.15) is 0 Å². The molecule has 0 nitrogen and oxygen atoms in total. The van der Waals surface area contributed by atoms with Crippen molar-refractivity contribution in [2.24, 2.45) is 0 Å². The second kappa shape index (κ2) is 3.90. The van der Waals surface area contributed by atoms with Crippen molar-refractivity contribution in [1.29, 1.82) is 0 Å². The van der Waals surface area contributed by atoms with Crippen LogP contribution in [0.4, 0.5) is 35.1 Å². The SMILES string of the molecule is CC(F)C(F)(F)C(F)C(F)C(F)(F)F. The highest BCUT2D eigenvalue weighted by Gasteiger charge is 2.58. The Kier molecular flexibility index (Phi) is 3.74. The molecular formula is C6H6F8. The molecule has 0 aliphatic heterocycles. The molecular weight excluding hydrogens is 224 g/mol. The maximum absolute atomic E-state index is 12.2. The molecule has 3 unspecified atom stereocenters. The van der Waals surface area contributed by atoms with Crippen LogP contribution in [-0.4, -0.2) is 30.6 Å². The summed E-state index contributed by atoms with van der Waals surface area (Å²) < 4.78 is 94.9. The first kappa shape index (κ1) is 13.4. The van der Waals surface area contributed by atoms with Gasteiger partial charge in [0.05, 0.1) is 0 Å². The van der Waals surface area contributed by atoms with Gasteiger partial charge in [-0.25, -0.2) is 22.0 Å². The van der Waals surface area contributed by atoms with Crippen molar-refractivity contribution < 1.29 is 35.1 Å². The molecule has 0 saturated carbocycles. The number of hydrogen-bond donors (Lipinski definition) is 0. The largest absolute Gasteiger partial charge is 0.422 e. The molecule has 0 amide bonds. The van der Waals surface area contributed by atoms with Crippen LogP contribution in [-0.2, 0) is 0 Å². The summed E-state index contributed by atoms with van der Waals surface area (Å²) in [5.41, 5.74) is 0. The number of halogens is 8. The molecule has 0 spiro atoms. The molecule has 3 atom stereocenters. The van der Waals surface area contributed by atoms with E-state index in [0.29, 0.717) is 0 Å². The van der Waals surface area contributed by atoms with Gasteiger partial charge in [0.15, 0.2) is 6.17 Å². The van der Waals surface area contributed by atoms with E-state index in [4.69, 9.17) is 0 Å². The summed E-state index contributed by atoms with van der Waals surface area (Å²) in [5.74, 6) is -4.99. The normalized spacial score (nSPS) is 20.4. The highest BCUT2D eigenvalue weighted by Crippen LogP contribution is 2.37. The van der Waals surface area contributed by atoms with E-state index in [1.807, 2.05) is 0 Å². The molecule has 0 bridgehead atoms. The molecule has 0 rings (SSSR count). The molecule has 8 heteroatoms. The third-order valence-electron chi connectivity index (χ3n) is 1.47. The van der Waals surface area contributed by atoms with E-state index in [2.05, 4.69) is 0 Å². The molecule has 0 saturated heterocycles. The summed E-state index contributed by atoms with van der Waals surface area (Å²) in [6.07, 6.45) is -17.6. The fraction of sp³-hybridized carbons (Fsp3) is 1.00. The van der Waals surface area contributed by atoms with E-state index >= 15 is 0 Å². The molecule has 0 aromatic rings. The molecule has 14 heavy (non-hydrogen) atoms. The molecule has 86 valence electrons. The van der Waals surface area contributed by atoms with Crippen LogP contribution in [0.1, 0.15) is 6.92 Å². The smallest absolute Gasteiger partial charge is 0.241 e. The van der Waals surface area contributed by atoms with Crippen molar-refractivity contribution in [2.45, 2.75) is 37.5 Å². The first-order chi connectivity index (χ1) is 6.01. The van der Waals surface area contributed by atoms with E-state index in [9.17, 15) is 35.1 Å². The van der Waals surface area contributed by atoms with Crippen molar-refractivity contribution in [2.75, 3.05) is 0 Å². The second-order valence-electron chi connectivity index (χ2n) is 2.64. The minimum Gasteiger partial charge on any atom is -0.241 e. The molecule has 0 aliphatic carbocycles. The van der Waals surface area contributed by atoms with Crippen LogP contribution in [0.15, 0.2) is 0 Å². The van der Waals surface area contributed by atoms with Crippen molar-refractivity contribution in [1.82, 2.24) is 0 Å².